The van der Waals surface area contributed by atoms with Crippen molar-refractivity contribution in [1.82, 2.24) is 15.1 Å². The number of hydrogen-bond donors (Lipinski definition) is 1. The second kappa shape index (κ2) is 6.44. The molecular weight excluding hydrogens is 250 g/mol. The number of carbonyl (C=O) groups excluding carboxylic acids is 1. The molecule has 2 rings (SSSR count). The van der Waals surface area contributed by atoms with Gasteiger partial charge in [0.25, 0.3) is 0 Å². The summed E-state index contributed by atoms with van der Waals surface area (Å²) in [7, 11) is 2.17. The van der Waals surface area contributed by atoms with Crippen LogP contribution in [0.25, 0.3) is 0 Å². The standard InChI is InChI=1S/C16H31N3O/c1-11(2)8-14-16(20)19(15(17-14)12(3)4)10-13-6-7-18(5)9-13/h11-15,17H,6-10H2,1-5H3. The van der Waals surface area contributed by atoms with Crippen LogP contribution in [0.2, 0.25) is 0 Å². The molecule has 2 fully saturated rings. The molecule has 2 aliphatic heterocycles. The number of amides is 1. The first-order valence-electron chi connectivity index (χ1n) is 8.13. The summed E-state index contributed by atoms with van der Waals surface area (Å²) in [6, 6.07) is 0.0292. The van der Waals surface area contributed by atoms with E-state index in [2.05, 4.69) is 49.9 Å². The van der Waals surface area contributed by atoms with Gasteiger partial charge < -0.3 is 9.80 Å². The van der Waals surface area contributed by atoms with Gasteiger partial charge in [0.2, 0.25) is 5.91 Å². The summed E-state index contributed by atoms with van der Waals surface area (Å²) < 4.78 is 0. The van der Waals surface area contributed by atoms with E-state index in [1.54, 1.807) is 0 Å². The van der Waals surface area contributed by atoms with Gasteiger partial charge in [0.05, 0.1) is 12.2 Å². The van der Waals surface area contributed by atoms with Crippen molar-refractivity contribution >= 4 is 5.91 Å². The smallest absolute Gasteiger partial charge is 0.241 e. The highest BCUT2D eigenvalue weighted by Crippen LogP contribution is 2.25. The maximum absolute atomic E-state index is 12.7. The molecule has 0 aromatic rings. The fraction of sp³-hybridized carbons (Fsp3) is 0.938. The topological polar surface area (TPSA) is 35.6 Å². The zero-order valence-electron chi connectivity index (χ0n) is 13.7. The summed E-state index contributed by atoms with van der Waals surface area (Å²) in [5, 5.41) is 3.57. The van der Waals surface area contributed by atoms with Crippen LogP contribution in [-0.4, -0.2) is 54.6 Å². The van der Waals surface area contributed by atoms with Crippen LogP contribution in [0.3, 0.4) is 0 Å². The molecular formula is C16H31N3O. The number of nitrogens with zero attached hydrogens (tertiary/aromatic N) is 2. The molecule has 0 bridgehead atoms. The Hall–Kier alpha value is -0.610. The van der Waals surface area contributed by atoms with Crippen molar-refractivity contribution in [2.45, 2.75) is 52.7 Å². The minimum absolute atomic E-state index is 0.0292. The van der Waals surface area contributed by atoms with E-state index in [0.717, 1.165) is 19.5 Å². The third-order valence-electron chi connectivity index (χ3n) is 4.57. The maximum atomic E-state index is 12.7. The SMILES string of the molecule is CC(C)CC1NC(C(C)C)N(CC2CCN(C)C2)C1=O. The Labute approximate surface area is 123 Å². The Balaban J connectivity index is 2.01. The van der Waals surface area contributed by atoms with Crippen molar-refractivity contribution in [1.29, 1.82) is 0 Å². The van der Waals surface area contributed by atoms with E-state index >= 15 is 0 Å². The molecule has 1 N–H and O–H groups in total. The Morgan fingerprint density at radius 2 is 2.00 bits per heavy atom. The fourth-order valence-electron chi connectivity index (χ4n) is 3.55. The molecule has 4 nitrogen and oxygen atoms in total. The van der Waals surface area contributed by atoms with Crippen molar-refractivity contribution in [3.8, 4) is 0 Å². The quantitative estimate of drug-likeness (QED) is 0.834. The number of likely N-dealkylation sites (tertiary alicyclic amines) is 1. The van der Waals surface area contributed by atoms with E-state index in [0.29, 0.717) is 23.7 Å². The number of rotatable bonds is 5. The fourth-order valence-corrected chi connectivity index (χ4v) is 3.55. The van der Waals surface area contributed by atoms with Crippen LogP contribution in [0.15, 0.2) is 0 Å². The van der Waals surface area contributed by atoms with Gasteiger partial charge in [-0.15, -0.1) is 0 Å². The summed E-state index contributed by atoms with van der Waals surface area (Å²) in [5.74, 6) is 1.99. The Morgan fingerprint density at radius 1 is 1.30 bits per heavy atom. The highest BCUT2D eigenvalue weighted by atomic mass is 16.2. The lowest BCUT2D eigenvalue weighted by Crippen LogP contribution is -2.44. The molecule has 0 aromatic carbocycles. The summed E-state index contributed by atoms with van der Waals surface area (Å²) >= 11 is 0. The molecule has 20 heavy (non-hydrogen) atoms. The largest absolute Gasteiger partial charge is 0.325 e. The molecule has 116 valence electrons. The third-order valence-corrected chi connectivity index (χ3v) is 4.57. The Morgan fingerprint density at radius 3 is 2.50 bits per heavy atom. The van der Waals surface area contributed by atoms with Gasteiger partial charge in [-0.05, 0) is 44.2 Å². The molecule has 0 radical (unpaired) electrons. The molecule has 0 aromatic heterocycles. The van der Waals surface area contributed by atoms with Crippen LogP contribution in [0.4, 0.5) is 0 Å². The van der Waals surface area contributed by atoms with Crippen LogP contribution in [0.1, 0.15) is 40.5 Å². The van der Waals surface area contributed by atoms with Crippen molar-refractivity contribution in [2.75, 3.05) is 26.7 Å². The molecule has 4 heteroatoms. The molecule has 0 saturated carbocycles. The van der Waals surface area contributed by atoms with Crippen LogP contribution in [-0.2, 0) is 4.79 Å². The van der Waals surface area contributed by atoms with Gasteiger partial charge in [-0.2, -0.15) is 0 Å². The van der Waals surface area contributed by atoms with Crippen LogP contribution < -0.4 is 5.32 Å². The van der Waals surface area contributed by atoms with Crippen molar-refractivity contribution in [3.05, 3.63) is 0 Å². The van der Waals surface area contributed by atoms with E-state index in [9.17, 15) is 4.79 Å². The van der Waals surface area contributed by atoms with Gasteiger partial charge in [0, 0.05) is 13.1 Å². The highest BCUT2D eigenvalue weighted by molar-refractivity contribution is 5.84. The summed E-state index contributed by atoms with van der Waals surface area (Å²) in [5.41, 5.74) is 0. The van der Waals surface area contributed by atoms with E-state index in [1.807, 2.05) is 0 Å². The summed E-state index contributed by atoms with van der Waals surface area (Å²) in [4.78, 5) is 17.2. The number of hydrogen-bond acceptors (Lipinski definition) is 3. The van der Waals surface area contributed by atoms with Crippen LogP contribution in [0.5, 0.6) is 0 Å². The molecule has 3 atom stereocenters. The summed E-state index contributed by atoms with van der Waals surface area (Å²) in [6.07, 6.45) is 2.39. The zero-order chi connectivity index (χ0) is 14.9. The van der Waals surface area contributed by atoms with Crippen molar-refractivity contribution in [3.63, 3.8) is 0 Å². The average molecular weight is 281 g/mol. The van der Waals surface area contributed by atoms with Gasteiger partial charge in [0.1, 0.15) is 0 Å². The lowest BCUT2D eigenvalue weighted by Gasteiger charge is -2.29. The van der Waals surface area contributed by atoms with Gasteiger partial charge in [-0.25, -0.2) is 0 Å². The van der Waals surface area contributed by atoms with Gasteiger partial charge in [-0.1, -0.05) is 27.7 Å². The normalized spacial score (nSPS) is 32.0. The second-order valence-electron chi connectivity index (χ2n) is 7.45. The van der Waals surface area contributed by atoms with E-state index in [-0.39, 0.29) is 12.2 Å². The molecule has 0 aliphatic carbocycles. The lowest BCUT2D eigenvalue weighted by atomic mass is 10.0. The zero-order valence-corrected chi connectivity index (χ0v) is 13.7. The molecule has 2 saturated heterocycles. The van der Waals surface area contributed by atoms with Gasteiger partial charge in [0.15, 0.2) is 0 Å². The Kier molecular flexibility index (Phi) is 5.08. The lowest BCUT2D eigenvalue weighted by molar-refractivity contribution is -0.131. The van der Waals surface area contributed by atoms with Gasteiger partial charge >= 0.3 is 0 Å². The predicted octanol–water partition coefficient (Wildman–Crippen LogP) is 1.77. The first-order chi connectivity index (χ1) is 9.38. The Bertz CT molecular complexity index is 343. The van der Waals surface area contributed by atoms with Crippen LogP contribution >= 0.6 is 0 Å². The van der Waals surface area contributed by atoms with E-state index in [4.69, 9.17) is 0 Å². The molecule has 3 unspecified atom stereocenters. The average Bonchev–Trinajstić information content (AvgIpc) is 2.87. The first kappa shape index (κ1) is 15.8. The first-order valence-corrected chi connectivity index (χ1v) is 8.13. The second-order valence-corrected chi connectivity index (χ2v) is 7.45. The van der Waals surface area contributed by atoms with Crippen molar-refractivity contribution < 1.29 is 4.79 Å². The molecule has 1 amide bonds. The van der Waals surface area contributed by atoms with Gasteiger partial charge in [-0.3, -0.25) is 10.1 Å². The molecule has 2 aliphatic rings. The van der Waals surface area contributed by atoms with E-state index in [1.165, 1.54) is 13.0 Å². The minimum atomic E-state index is 0.0292. The van der Waals surface area contributed by atoms with Crippen LogP contribution in [0, 0.1) is 17.8 Å². The van der Waals surface area contributed by atoms with Crippen molar-refractivity contribution in [2.24, 2.45) is 17.8 Å². The highest BCUT2D eigenvalue weighted by Gasteiger charge is 2.41. The monoisotopic (exact) mass is 281 g/mol. The third kappa shape index (κ3) is 3.53. The maximum Gasteiger partial charge on any atom is 0.241 e. The minimum Gasteiger partial charge on any atom is -0.325 e. The molecule has 2 heterocycles. The summed E-state index contributed by atoms with van der Waals surface area (Å²) in [6.45, 7) is 12.0. The van der Waals surface area contributed by atoms with E-state index < -0.39 is 0 Å². The molecule has 0 spiro atoms. The number of nitrogens with one attached hydrogen (secondary N) is 1. The number of carbonyl (C=O) groups is 1. The predicted molar refractivity (Wildman–Crippen MR) is 82.3 cm³/mol.